The number of tetrazole rings is 1. The number of methoxy groups -OCH3 is 1. The third-order valence-corrected chi connectivity index (χ3v) is 5.33. The highest BCUT2D eigenvalue weighted by atomic mass is 35.5. The van der Waals surface area contributed by atoms with Crippen LogP contribution >= 0.6 is 35.0 Å². The lowest BCUT2D eigenvalue weighted by atomic mass is 10.2. The highest BCUT2D eigenvalue weighted by Crippen LogP contribution is 2.27. The molecule has 0 saturated carbocycles. The zero-order valence-corrected chi connectivity index (χ0v) is 17.5. The SMILES string of the molecule is COc1ccc(C)cc1-n1nnnc1SCC(=O)NCc1ccc(Cl)cc1Cl. The summed E-state index contributed by atoms with van der Waals surface area (Å²) in [6.45, 7) is 2.28. The highest BCUT2D eigenvalue weighted by Gasteiger charge is 2.15. The van der Waals surface area contributed by atoms with Crippen LogP contribution in [0.5, 0.6) is 5.75 Å². The number of amides is 1. The zero-order valence-electron chi connectivity index (χ0n) is 15.1. The lowest BCUT2D eigenvalue weighted by molar-refractivity contribution is -0.118. The molecule has 10 heteroatoms. The molecular weight excluding hydrogens is 421 g/mol. The summed E-state index contributed by atoms with van der Waals surface area (Å²) >= 11 is 13.2. The van der Waals surface area contributed by atoms with E-state index in [2.05, 4.69) is 20.8 Å². The number of ether oxygens (including phenoxy) is 1. The maximum atomic E-state index is 12.2. The fourth-order valence-corrected chi connectivity index (χ4v) is 3.61. The number of nitrogens with one attached hydrogen (secondary N) is 1. The summed E-state index contributed by atoms with van der Waals surface area (Å²) in [7, 11) is 1.58. The van der Waals surface area contributed by atoms with Gasteiger partial charge < -0.3 is 10.1 Å². The van der Waals surface area contributed by atoms with Gasteiger partial charge in [0, 0.05) is 16.6 Å². The van der Waals surface area contributed by atoms with Crippen LogP contribution in [-0.4, -0.2) is 39.0 Å². The van der Waals surface area contributed by atoms with Gasteiger partial charge in [-0.2, -0.15) is 4.68 Å². The number of nitrogens with zero attached hydrogens (tertiary/aromatic N) is 4. The summed E-state index contributed by atoms with van der Waals surface area (Å²) in [5.41, 5.74) is 2.54. The minimum absolute atomic E-state index is 0.152. The van der Waals surface area contributed by atoms with E-state index in [9.17, 15) is 4.79 Å². The molecule has 146 valence electrons. The molecule has 0 aliphatic carbocycles. The molecule has 0 unspecified atom stereocenters. The lowest BCUT2D eigenvalue weighted by Crippen LogP contribution is -2.24. The Morgan fingerprint density at radius 3 is 2.82 bits per heavy atom. The number of hydrogen-bond donors (Lipinski definition) is 1. The average molecular weight is 438 g/mol. The molecule has 0 saturated heterocycles. The minimum Gasteiger partial charge on any atom is -0.494 e. The summed E-state index contributed by atoms with van der Waals surface area (Å²) in [5.74, 6) is 0.628. The van der Waals surface area contributed by atoms with Crippen molar-refractivity contribution in [3.8, 4) is 11.4 Å². The zero-order chi connectivity index (χ0) is 20.1. The van der Waals surface area contributed by atoms with Crippen molar-refractivity contribution in [3.63, 3.8) is 0 Å². The van der Waals surface area contributed by atoms with E-state index in [4.69, 9.17) is 27.9 Å². The van der Waals surface area contributed by atoms with Crippen LogP contribution in [-0.2, 0) is 11.3 Å². The highest BCUT2D eigenvalue weighted by molar-refractivity contribution is 7.99. The lowest BCUT2D eigenvalue weighted by Gasteiger charge is -2.10. The molecule has 0 spiro atoms. The number of halogens is 2. The largest absolute Gasteiger partial charge is 0.494 e. The van der Waals surface area contributed by atoms with Crippen LogP contribution in [0.25, 0.3) is 5.69 Å². The Hall–Kier alpha value is -2.29. The van der Waals surface area contributed by atoms with E-state index >= 15 is 0 Å². The summed E-state index contributed by atoms with van der Waals surface area (Å²) in [5, 5.41) is 16.1. The molecule has 0 radical (unpaired) electrons. The van der Waals surface area contributed by atoms with Crippen LogP contribution in [0, 0.1) is 6.92 Å². The number of carbonyl (C=O) groups excluding carboxylic acids is 1. The first-order valence-corrected chi connectivity index (χ1v) is 9.99. The number of hydrogen-bond acceptors (Lipinski definition) is 6. The first-order valence-electron chi connectivity index (χ1n) is 8.24. The third-order valence-electron chi connectivity index (χ3n) is 3.83. The second-order valence-electron chi connectivity index (χ2n) is 5.85. The molecule has 3 aromatic rings. The number of benzene rings is 2. The quantitative estimate of drug-likeness (QED) is 0.567. The van der Waals surface area contributed by atoms with Crippen LogP contribution in [0.1, 0.15) is 11.1 Å². The van der Waals surface area contributed by atoms with Gasteiger partial charge in [-0.05, 0) is 52.7 Å². The summed E-state index contributed by atoms with van der Waals surface area (Å²) in [6, 6.07) is 10.9. The van der Waals surface area contributed by atoms with Gasteiger partial charge in [0.05, 0.1) is 12.9 Å². The van der Waals surface area contributed by atoms with E-state index in [1.54, 1.807) is 30.0 Å². The van der Waals surface area contributed by atoms with E-state index in [1.807, 2.05) is 25.1 Å². The maximum Gasteiger partial charge on any atom is 0.230 e. The molecule has 0 bridgehead atoms. The van der Waals surface area contributed by atoms with Crippen molar-refractivity contribution in [2.45, 2.75) is 18.6 Å². The van der Waals surface area contributed by atoms with Crippen molar-refractivity contribution in [1.29, 1.82) is 0 Å². The van der Waals surface area contributed by atoms with Gasteiger partial charge in [-0.15, -0.1) is 5.10 Å². The van der Waals surface area contributed by atoms with Crippen LogP contribution in [0.2, 0.25) is 10.0 Å². The molecule has 0 atom stereocenters. The Kier molecular flexibility index (Phi) is 6.77. The van der Waals surface area contributed by atoms with Crippen molar-refractivity contribution < 1.29 is 9.53 Å². The predicted molar refractivity (Wildman–Crippen MR) is 109 cm³/mol. The molecular formula is C18H17Cl2N5O2S. The van der Waals surface area contributed by atoms with Gasteiger partial charge in [-0.25, -0.2) is 0 Å². The Labute approximate surface area is 176 Å². The van der Waals surface area contributed by atoms with Gasteiger partial charge in [-0.1, -0.05) is 47.1 Å². The molecule has 1 aromatic heterocycles. The predicted octanol–water partition coefficient (Wildman–Crippen LogP) is 3.69. The van der Waals surface area contributed by atoms with Crippen LogP contribution in [0.4, 0.5) is 0 Å². The molecule has 1 amide bonds. The van der Waals surface area contributed by atoms with Gasteiger partial charge in [0.25, 0.3) is 0 Å². The first-order chi connectivity index (χ1) is 13.5. The fourth-order valence-electron chi connectivity index (χ4n) is 2.43. The Morgan fingerprint density at radius 1 is 1.25 bits per heavy atom. The Balaban J connectivity index is 1.64. The second-order valence-corrected chi connectivity index (χ2v) is 7.64. The van der Waals surface area contributed by atoms with Gasteiger partial charge >= 0.3 is 0 Å². The van der Waals surface area contributed by atoms with Gasteiger partial charge in [0.15, 0.2) is 0 Å². The van der Waals surface area contributed by atoms with Crippen LogP contribution in [0.3, 0.4) is 0 Å². The molecule has 7 nitrogen and oxygen atoms in total. The summed E-state index contributed by atoms with van der Waals surface area (Å²) in [6.07, 6.45) is 0. The van der Waals surface area contributed by atoms with E-state index in [0.29, 0.717) is 33.2 Å². The molecule has 1 N–H and O–H groups in total. The van der Waals surface area contributed by atoms with E-state index in [-0.39, 0.29) is 11.7 Å². The number of rotatable bonds is 7. The average Bonchev–Trinajstić information content (AvgIpc) is 3.14. The molecule has 0 fully saturated rings. The maximum absolute atomic E-state index is 12.2. The molecule has 2 aromatic carbocycles. The topological polar surface area (TPSA) is 81.9 Å². The monoisotopic (exact) mass is 437 g/mol. The number of aromatic nitrogens is 4. The van der Waals surface area contributed by atoms with Gasteiger partial charge in [-0.3, -0.25) is 4.79 Å². The number of aryl methyl sites for hydroxylation is 1. The van der Waals surface area contributed by atoms with Crippen molar-refractivity contribution in [2.75, 3.05) is 12.9 Å². The number of thioether (sulfide) groups is 1. The molecule has 1 heterocycles. The smallest absolute Gasteiger partial charge is 0.230 e. The van der Waals surface area contributed by atoms with E-state index < -0.39 is 0 Å². The summed E-state index contributed by atoms with van der Waals surface area (Å²) < 4.78 is 6.94. The Morgan fingerprint density at radius 2 is 2.07 bits per heavy atom. The van der Waals surface area contributed by atoms with Crippen LogP contribution < -0.4 is 10.1 Å². The van der Waals surface area contributed by atoms with E-state index in [0.717, 1.165) is 11.1 Å². The fraction of sp³-hybridized carbons (Fsp3) is 0.222. The van der Waals surface area contributed by atoms with Crippen LogP contribution in [0.15, 0.2) is 41.6 Å². The minimum atomic E-state index is -0.165. The van der Waals surface area contributed by atoms with E-state index in [1.165, 1.54) is 11.8 Å². The third kappa shape index (κ3) is 4.95. The van der Waals surface area contributed by atoms with Crippen molar-refractivity contribution >= 4 is 40.9 Å². The van der Waals surface area contributed by atoms with Gasteiger partial charge in [0.2, 0.25) is 11.1 Å². The van der Waals surface area contributed by atoms with Crippen molar-refractivity contribution in [2.24, 2.45) is 0 Å². The molecule has 0 aliphatic heterocycles. The molecule has 28 heavy (non-hydrogen) atoms. The van der Waals surface area contributed by atoms with Crippen molar-refractivity contribution in [1.82, 2.24) is 25.5 Å². The van der Waals surface area contributed by atoms with Crippen molar-refractivity contribution in [3.05, 3.63) is 57.6 Å². The van der Waals surface area contributed by atoms with Gasteiger partial charge in [0.1, 0.15) is 11.4 Å². The second kappa shape index (κ2) is 9.27. The standard InChI is InChI=1S/C18H17Cl2N5O2S/c1-11-3-6-16(27-2)15(7-11)25-18(22-23-24-25)28-10-17(26)21-9-12-4-5-13(19)8-14(12)20/h3-8H,9-10H2,1-2H3,(H,21,26). The molecule has 3 rings (SSSR count). The normalized spacial score (nSPS) is 10.7. The molecule has 0 aliphatic rings. The Bertz CT molecular complexity index is 996. The first kappa shape index (κ1) is 20.4. The summed E-state index contributed by atoms with van der Waals surface area (Å²) in [4.78, 5) is 12.2. The number of carbonyl (C=O) groups is 1.